The highest BCUT2D eigenvalue weighted by Crippen LogP contribution is 2.28. The number of carbonyl (C=O) groups excluding carboxylic acids is 1. The molecule has 0 aliphatic heterocycles. The summed E-state index contributed by atoms with van der Waals surface area (Å²) in [5.74, 6) is 1.32. The van der Waals surface area contributed by atoms with Crippen LogP contribution in [-0.4, -0.2) is 25.7 Å². The Morgan fingerprint density at radius 3 is 2.68 bits per heavy atom. The van der Waals surface area contributed by atoms with Crippen molar-refractivity contribution in [1.29, 1.82) is 0 Å². The lowest BCUT2D eigenvalue weighted by molar-refractivity contribution is -0.116. The molecule has 1 N–H and O–H groups in total. The molecule has 1 rings (SSSR count). The van der Waals surface area contributed by atoms with E-state index in [-0.39, 0.29) is 11.9 Å². The molecule has 0 aliphatic carbocycles. The second-order valence-electron chi connectivity index (χ2n) is 5.46. The van der Waals surface area contributed by atoms with Crippen LogP contribution in [0.3, 0.4) is 0 Å². The smallest absolute Gasteiger partial charge is 0.244 e. The Morgan fingerprint density at radius 1 is 1.27 bits per heavy atom. The fourth-order valence-electron chi connectivity index (χ4n) is 1.95. The standard InChI is InChI=1S/C18H27NO3/c1-5-6-7-12-22-16-10-8-15(13-17(16)21-4)9-11-18(20)19-14(2)3/h8-11,13-14H,5-7,12H2,1-4H3,(H,19,20)/b11-9+. The molecule has 0 fully saturated rings. The highest BCUT2D eigenvalue weighted by molar-refractivity contribution is 5.91. The van der Waals surface area contributed by atoms with Crippen LogP contribution < -0.4 is 14.8 Å². The fourth-order valence-corrected chi connectivity index (χ4v) is 1.95. The Morgan fingerprint density at radius 2 is 2.05 bits per heavy atom. The minimum Gasteiger partial charge on any atom is -0.493 e. The molecule has 0 bridgehead atoms. The average molecular weight is 305 g/mol. The van der Waals surface area contributed by atoms with Gasteiger partial charge in [-0.2, -0.15) is 0 Å². The van der Waals surface area contributed by atoms with E-state index in [4.69, 9.17) is 9.47 Å². The van der Waals surface area contributed by atoms with E-state index in [1.54, 1.807) is 13.2 Å². The lowest BCUT2D eigenvalue weighted by atomic mass is 10.2. The fraction of sp³-hybridized carbons (Fsp3) is 0.500. The van der Waals surface area contributed by atoms with Crippen LogP contribution >= 0.6 is 0 Å². The minimum absolute atomic E-state index is 0.103. The lowest BCUT2D eigenvalue weighted by Gasteiger charge is -2.11. The number of amides is 1. The normalized spacial score (nSPS) is 11.0. The van der Waals surface area contributed by atoms with Crippen LogP contribution in [0.4, 0.5) is 0 Å². The molecule has 0 aromatic heterocycles. The number of unbranched alkanes of at least 4 members (excludes halogenated alkanes) is 2. The Bertz CT molecular complexity index is 495. The molecule has 0 spiro atoms. The predicted octanol–water partition coefficient (Wildman–Crippen LogP) is 3.80. The first kappa shape index (κ1) is 18.1. The number of nitrogens with one attached hydrogen (secondary N) is 1. The summed E-state index contributed by atoms with van der Waals surface area (Å²) in [4.78, 5) is 11.6. The molecule has 1 amide bonds. The van der Waals surface area contributed by atoms with Crippen molar-refractivity contribution < 1.29 is 14.3 Å². The van der Waals surface area contributed by atoms with Gasteiger partial charge in [-0.05, 0) is 44.0 Å². The lowest BCUT2D eigenvalue weighted by Crippen LogP contribution is -2.28. The third-order valence-electron chi connectivity index (χ3n) is 3.05. The van der Waals surface area contributed by atoms with Gasteiger partial charge in [-0.1, -0.05) is 25.8 Å². The average Bonchev–Trinajstić information content (AvgIpc) is 2.49. The highest BCUT2D eigenvalue weighted by Gasteiger charge is 2.05. The molecule has 4 nitrogen and oxygen atoms in total. The van der Waals surface area contributed by atoms with Crippen molar-refractivity contribution in [3.05, 3.63) is 29.8 Å². The highest BCUT2D eigenvalue weighted by atomic mass is 16.5. The molecular weight excluding hydrogens is 278 g/mol. The summed E-state index contributed by atoms with van der Waals surface area (Å²) in [6.45, 7) is 6.71. The number of benzene rings is 1. The van der Waals surface area contributed by atoms with Crippen molar-refractivity contribution in [2.24, 2.45) is 0 Å². The van der Waals surface area contributed by atoms with Crippen molar-refractivity contribution in [2.45, 2.75) is 46.1 Å². The number of ether oxygens (including phenoxy) is 2. The Balaban J connectivity index is 2.67. The van der Waals surface area contributed by atoms with E-state index in [9.17, 15) is 4.79 Å². The van der Waals surface area contributed by atoms with Crippen molar-refractivity contribution in [3.8, 4) is 11.5 Å². The van der Waals surface area contributed by atoms with E-state index < -0.39 is 0 Å². The molecule has 0 unspecified atom stereocenters. The van der Waals surface area contributed by atoms with Gasteiger partial charge in [-0.3, -0.25) is 4.79 Å². The number of carbonyl (C=O) groups is 1. The molecule has 1 aromatic rings. The molecule has 0 saturated carbocycles. The molecule has 0 aliphatic rings. The zero-order valence-corrected chi connectivity index (χ0v) is 14.0. The van der Waals surface area contributed by atoms with Crippen LogP contribution in [0.25, 0.3) is 6.08 Å². The van der Waals surface area contributed by atoms with Gasteiger partial charge in [0.15, 0.2) is 11.5 Å². The van der Waals surface area contributed by atoms with Crippen molar-refractivity contribution in [3.63, 3.8) is 0 Å². The van der Waals surface area contributed by atoms with E-state index in [1.165, 1.54) is 12.5 Å². The quantitative estimate of drug-likeness (QED) is 0.557. The zero-order valence-electron chi connectivity index (χ0n) is 14.0. The van der Waals surface area contributed by atoms with E-state index in [1.807, 2.05) is 32.0 Å². The molecular formula is C18H27NO3. The van der Waals surface area contributed by atoms with Gasteiger partial charge in [0.2, 0.25) is 5.91 Å². The number of methoxy groups -OCH3 is 1. The van der Waals surface area contributed by atoms with Crippen molar-refractivity contribution in [1.82, 2.24) is 5.32 Å². The maximum atomic E-state index is 11.6. The Kier molecular flexibility index (Phi) is 8.11. The maximum Gasteiger partial charge on any atom is 0.244 e. The summed E-state index contributed by atoms with van der Waals surface area (Å²) in [5.41, 5.74) is 0.900. The molecule has 22 heavy (non-hydrogen) atoms. The van der Waals surface area contributed by atoms with Crippen LogP contribution in [0, 0.1) is 0 Å². The van der Waals surface area contributed by atoms with Gasteiger partial charge in [-0.15, -0.1) is 0 Å². The van der Waals surface area contributed by atoms with Gasteiger partial charge < -0.3 is 14.8 Å². The van der Waals surface area contributed by atoms with E-state index in [0.717, 1.165) is 24.2 Å². The van der Waals surface area contributed by atoms with Crippen molar-refractivity contribution >= 4 is 12.0 Å². The summed E-state index contributed by atoms with van der Waals surface area (Å²) in [6.07, 6.45) is 6.66. The Hall–Kier alpha value is -1.97. The third-order valence-corrected chi connectivity index (χ3v) is 3.05. The first-order valence-corrected chi connectivity index (χ1v) is 7.86. The maximum absolute atomic E-state index is 11.6. The Labute approximate surface area is 133 Å². The summed E-state index contributed by atoms with van der Waals surface area (Å²) < 4.78 is 11.1. The van der Waals surface area contributed by atoms with Crippen LogP contribution in [0.5, 0.6) is 11.5 Å². The van der Waals surface area contributed by atoms with Gasteiger partial charge in [0.1, 0.15) is 0 Å². The van der Waals surface area contributed by atoms with Gasteiger partial charge in [0.25, 0.3) is 0 Å². The predicted molar refractivity (Wildman–Crippen MR) is 90.3 cm³/mol. The monoisotopic (exact) mass is 305 g/mol. The SMILES string of the molecule is CCCCCOc1ccc(/C=C/C(=O)NC(C)C)cc1OC. The molecule has 0 saturated heterocycles. The zero-order chi connectivity index (χ0) is 16.4. The van der Waals surface area contributed by atoms with E-state index in [0.29, 0.717) is 12.4 Å². The van der Waals surface area contributed by atoms with Gasteiger partial charge in [0.05, 0.1) is 13.7 Å². The molecule has 1 aromatic carbocycles. The number of rotatable bonds is 9. The van der Waals surface area contributed by atoms with Crippen LogP contribution in [0.15, 0.2) is 24.3 Å². The van der Waals surface area contributed by atoms with E-state index >= 15 is 0 Å². The van der Waals surface area contributed by atoms with Gasteiger partial charge in [-0.25, -0.2) is 0 Å². The number of hydrogen-bond acceptors (Lipinski definition) is 3. The number of hydrogen-bond donors (Lipinski definition) is 1. The first-order valence-electron chi connectivity index (χ1n) is 7.86. The third kappa shape index (κ3) is 6.66. The van der Waals surface area contributed by atoms with Crippen LogP contribution in [0.1, 0.15) is 45.6 Å². The second kappa shape index (κ2) is 9.87. The van der Waals surface area contributed by atoms with Crippen LogP contribution in [0.2, 0.25) is 0 Å². The van der Waals surface area contributed by atoms with Crippen LogP contribution in [-0.2, 0) is 4.79 Å². The van der Waals surface area contributed by atoms with Crippen molar-refractivity contribution in [2.75, 3.05) is 13.7 Å². The molecule has 0 atom stereocenters. The minimum atomic E-state index is -0.103. The molecule has 0 heterocycles. The molecule has 4 heteroatoms. The second-order valence-corrected chi connectivity index (χ2v) is 5.46. The first-order chi connectivity index (χ1) is 10.6. The summed E-state index contributed by atoms with van der Waals surface area (Å²) >= 11 is 0. The van der Waals surface area contributed by atoms with Gasteiger partial charge in [0, 0.05) is 12.1 Å². The topological polar surface area (TPSA) is 47.6 Å². The van der Waals surface area contributed by atoms with Gasteiger partial charge >= 0.3 is 0 Å². The molecule has 0 radical (unpaired) electrons. The largest absolute Gasteiger partial charge is 0.493 e. The molecule has 122 valence electrons. The van der Waals surface area contributed by atoms with E-state index in [2.05, 4.69) is 12.2 Å². The summed E-state index contributed by atoms with van der Waals surface area (Å²) in [5, 5.41) is 2.81. The summed E-state index contributed by atoms with van der Waals surface area (Å²) in [7, 11) is 1.62. The summed E-state index contributed by atoms with van der Waals surface area (Å²) in [6, 6.07) is 5.79.